The summed E-state index contributed by atoms with van der Waals surface area (Å²) in [5.74, 6) is -1.11. The van der Waals surface area contributed by atoms with Crippen LogP contribution in [0.1, 0.15) is 68.3 Å². The molecule has 0 spiro atoms. The van der Waals surface area contributed by atoms with Crippen molar-refractivity contribution in [1.82, 2.24) is 0 Å². The second-order valence-corrected chi connectivity index (χ2v) is 6.44. The number of Topliss-reactive ketones (excluding diaryl/α,β-unsaturated/α-hetero) is 1. The molecule has 1 heterocycles. The maximum absolute atomic E-state index is 12.5. The Morgan fingerprint density at radius 2 is 1.96 bits per heavy atom. The van der Waals surface area contributed by atoms with Gasteiger partial charge in [0.05, 0.1) is 6.10 Å². The van der Waals surface area contributed by atoms with E-state index in [1.807, 2.05) is 6.08 Å². The summed E-state index contributed by atoms with van der Waals surface area (Å²) >= 11 is 0. The number of benzene rings is 1. The number of hydrogen-bond donors (Lipinski definition) is 1. The Balaban J connectivity index is 2.37. The lowest BCUT2D eigenvalue weighted by Gasteiger charge is -2.16. The SMILES string of the molecule is CC(=O)Oc1cc(O)c2c(c1)/C=C\CCCC(=O)CCC[C@H](C)OC2=O. The van der Waals surface area contributed by atoms with Gasteiger partial charge in [0.15, 0.2) is 0 Å². The van der Waals surface area contributed by atoms with Gasteiger partial charge < -0.3 is 14.6 Å². The van der Waals surface area contributed by atoms with E-state index in [1.165, 1.54) is 19.1 Å². The van der Waals surface area contributed by atoms with Gasteiger partial charge in [0, 0.05) is 25.8 Å². The highest BCUT2D eigenvalue weighted by Gasteiger charge is 2.21. The summed E-state index contributed by atoms with van der Waals surface area (Å²) in [5, 5.41) is 10.3. The average molecular weight is 360 g/mol. The molecule has 1 N–H and O–H groups in total. The van der Waals surface area contributed by atoms with Crippen LogP contribution in [0.4, 0.5) is 0 Å². The van der Waals surface area contributed by atoms with E-state index in [2.05, 4.69) is 0 Å². The second kappa shape index (κ2) is 9.17. The molecule has 1 aromatic rings. The van der Waals surface area contributed by atoms with Gasteiger partial charge in [-0.15, -0.1) is 0 Å². The average Bonchev–Trinajstić information content (AvgIpc) is 2.52. The van der Waals surface area contributed by atoms with Crippen LogP contribution in [0.25, 0.3) is 6.08 Å². The number of ketones is 1. The number of carbonyl (C=O) groups excluding carboxylic acids is 3. The highest BCUT2D eigenvalue weighted by atomic mass is 16.5. The molecule has 0 fully saturated rings. The molecule has 140 valence electrons. The monoisotopic (exact) mass is 360 g/mol. The third-order valence-electron chi connectivity index (χ3n) is 4.09. The summed E-state index contributed by atoms with van der Waals surface area (Å²) in [6.45, 7) is 3.01. The molecule has 0 bridgehead atoms. The number of carbonyl (C=O) groups is 3. The molecule has 1 aliphatic heterocycles. The minimum atomic E-state index is -0.646. The molecule has 0 radical (unpaired) electrons. The van der Waals surface area contributed by atoms with Gasteiger partial charge in [0.2, 0.25) is 0 Å². The maximum Gasteiger partial charge on any atom is 0.342 e. The molecule has 2 rings (SSSR count). The Kier molecular flexibility index (Phi) is 6.95. The molecule has 6 nitrogen and oxygen atoms in total. The molecule has 0 saturated carbocycles. The number of aromatic hydroxyl groups is 1. The lowest BCUT2D eigenvalue weighted by Crippen LogP contribution is -2.17. The van der Waals surface area contributed by atoms with Crippen LogP contribution in [0.5, 0.6) is 11.5 Å². The van der Waals surface area contributed by atoms with Crippen molar-refractivity contribution in [2.75, 3.05) is 0 Å². The van der Waals surface area contributed by atoms with Crippen molar-refractivity contribution >= 4 is 23.8 Å². The molecular formula is C20H24O6. The van der Waals surface area contributed by atoms with E-state index < -0.39 is 11.9 Å². The number of phenols is 1. The Morgan fingerprint density at radius 3 is 2.69 bits per heavy atom. The first kappa shape index (κ1) is 19.7. The number of ether oxygens (including phenoxy) is 2. The molecule has 1 aromatic carbocycles. The number of fused-ring (bicyclic) bond motifs is 1. The molecule has 26 heavy (non-hydrogen) atoms. The third-order valence-corrected chi connectivity index (χ3v) is 4.09. The standard InChI is InChI=1S/C20H24O6/c1-13-7-6-10-16(22)9-5-3-4-8-15-11-17(26-14(2)21)12-18(23)19(15)20(24)25-13/h4,8,11-13,23H,3,5-7,9-10H2,1-2H3/b8-4-/t13-/m0/s1. The van der Waals surface area contributed by atoms with Crippen LogP contribution in [-0.4, -0.2) is 28.9 Å². The fourth-order valence-corrected chi connectivity index (χ4v) is 2.84. The zero-order valence-electron chi connectivity index (χ0n) is 15.1. The van der Waals surface area contributed by atoms with Crippen molar-refractivity contribution < 1.29 is 29.0 Å². The van der Waals surface area contributed by atoms with E-state index in [0.717, 1.165) is 6.42 Å². The minimum absolute atomic E-state index is 0.0390. The topological polar surface area (TPSA) is 89.9 Å². The molecule has 0 aliphatic carbocycles. The molecule has 0 aromatic heterocycles. The van der Waals surface area contributed by atoms with Crippen molar-refractivity contribution in [2.45, 2.75) is 58.5 Å². The summed E-state index contributed by atoms with van der Waals surface area (Å²) in [6, 6.07) is 2.73. The van der Waals surface area contributed by atoms with Gasteiger partial charge in [-0.05, 0) is 44.2 Å². The van der Waals surface area contributed by atoms with E-state index in [9.17, 15) is 19.5 Å². The second-order valence-electron chi connectivity index (χ2n) is 6.44. The molecule has 0 unspecified atom stereocenters. The predicted molar refractivity (Wildman–Crippen MR) is 96.0 cm³/mol. The Bertz CT molecular complexity index is 719. The highest BCUT2D eigenvalue weighted by Crippen LogP contribution is 2.30. The zero-order valence-corrected chi connectivity index (χ0v) is 15.1. The van der Waals surface area contributed by atoms with Gasteiger partial charge in [0.1, 0.15) is 22.8 Å². The molecule has 0 amide bonds. The first-order valence-corrected chi connectivity index (χ1v) is 8.81. The number of esters is 2. The van der Waals surface area contributed by atoms with Crippen LogP contribution in [0.3, 0.4) is 0 Å². The largest absolute Gasteiger partial charge is 0.507 e. The zero-order chi connectivity index (χ0) is 19.1. The van der Waals surface area contributed by atoms with Gasteiger partial charge in [-0.25, -0.2) is 4.79 Å². The minimum Gasteiger partial charge on any atom is -0.507 e. The van der Waals surface area contributed by atoms with Gasteiger partial charge in [-0.1, -0.05) is 12.2 Å². The summed E-state index contributed by atoms with van der Waals surface area (Å²) in [7, 11) is 0. The summed E-state index contributed by atoms with van der Waals surface area (Å²) in [5.41, 5.74) is 0.443. The van der Waals surface area contributed by atoms with Gasteiger partial charge in [-0.2, -0.15) is 0 Å². The van der Waals surface area contributed by atoms with Crippen molar-refractivity contribution in [2.24, 2.45) is 0 Å². The smallest absolute Gasteiger partial charge is 0.342 e. The van der Waals surface area contributed by atoms with E-state index >= 15 is 0 Å². The van der Waals surface area contributed by atoms with Crippen LogP contribution in [-0.2, 0) is 14.3 Å². The lowest BCUT2D eigenvalue weighted by molar-refractivity contribution is -0.131. The Labute approximate surface area is 152 Å². The van der Waals surface area contributed by atoms with E-state index in [4.69, 9.17) is 9.47 Å². The van der Waals surface area contributed by atoms with Crippen LogP contribution in [0.2, 0.25) is 0 Å². The molecule has 1 aliphatic rings. The van der Waals surface area contributed by atoms with Crippen molar-refractivity contribution in [3.63, 3.8) is 0 Å². The van der Waals surface area contributed by atoms with Crippen molar-refractivity contribution in [3.8, 4) is 11.5 Å². The number of hydrogen-bond acceptors (Lipinski definition) is 6. The van der Waals surface area contributed by atoms with Crippen LogP contribution in [0, 0.1) is 0 Å². The van der Waals surface area contributed by atoms with Crippen LogP contribution >= 0.6 is 0 Å². The molecule has 1 atom stereocenters. The summed E-state index contributed by atoms with van der Waals surface area (Å²) in [4.78, 5) is 35.5. The maximum atomic E-state index is 12.5. The summed E-state index contributed by atoms with van der Waals surface area (Å²) < 4.78 is 10.4. The lowest BCUT2D eigenvalue weighted by atomic mass is 10.0. The first-order chi connectivity index (χ1) is 12.4. The van der Waals surface area contributed by atoms with Crippen molar-refractivity contribution in [1.29, 1.82) is 0 Å². The third kappa shape index (κ3) is 5.72. The fourth-order valence-electron chi connectivity index (χ4n) is 2.84. The van der Waals surface area contributed by atoms with E-state index in [-0.39, 0.29) is 28.9 Å². The fraction of sp³-hybridized carbons (Fsp3) is 0.450. The normalized spacial score (nSPS) is 20.5. The Hall–Kier alpha value is -2.63. The Morgan fingerprint density at radius 1 is 1.23 bits per heavy atom. The molecular weight excluding hydrogens is 336 g/mol. The summed E-state index contributed by atoms with van der Waals surface area (Å²) in [6.07, 6.45) is 6.75. The number of allylic oxidation sites excluding steroid dienone is 1. The first-order valence-electron chi connectivity index (χ1n) is 8.81. The van der Waals surface area contributed by atoms with Gasteiger partial charge >= 0.3 is 11.9 Å². The van der Waals surface area contributed by atoms with E-state index in [0.29, 0.717) is 37.7 Å². The van der Waals surface area contributed by atoms with E-state index in [1.54, 1.807) is 13.0 Å². The highest BCUT2D eigenvalue weighted by molar-refractivity contribution is 5.97. The van der Waals surface area contributed by atoms with Crippen molar-refractivity contribution in [3.05, 3.63) is 29.3 Å². The number of cyclic esters (lactones) is 1. The molecule has 6 heteroatoms. The number of phenolic OH excluding ortho intramolecular Hbond substituents is 1. The van der Waals surface area contributed by atoms with Gasteiger partial charge in [0.25, 0.3) is 0 Å². The predicted octanol–water partition coefficient (Wildman–Crippen LogP) is 3.80. The van der Waals surface area contributed by atoms with Gasteiger partial charge in [-0.3, -0.25) is 9.59 Å². The quantitative estimate of drug-likeness (QED) is 0.605. The van der Waals surface area contributed by atoms with Crippen LogP contribution in [0.15, 0.2) is 18.2 Å². The van der Waals surface area contributed by atoms with Crippen LogP contribution < -0.4 is 4.74 Å². The number of rotatable bonds is 1. The molecule has 0 saturated heterocycles.